The van der Waals surface area contributed by atoms with Gasteiger partial charge in [0.1, 0.15) is 0 Å². The quantitative estimate of drug-likeness (QED) is 0.682. The summed E-state index contributed by atoms with van der Waals surface area (Å²) in [5, 5.41) is 21.3. The van der Waals surface area contributed by atoms with Gasteiger partial charge in [-0.15, -0.1) is 0 Å². The van der Waals surface area contributed by atoms with Gasteiger partial charge in [0.2, 0.25) is 0 Å². The Balaban J connectivity index is 2.29. The predicted molar refractivity (Wildman–Crippen MR) is 55.1 cm³/mol. The van der Waals surface area contributed by atoms with Crippen molar-refractivity contribution < 1.29 is 15.0 Å². The van der Waals surface area contributed by atoms with Gasteiger partial charge in [0.05, 0.1) is 12.1 Å². The number of amides is 1. The highest BCUT2D eigenvalue weighted by Gasteiger charge is 2.33. The fourth-order valence-corrected chi connectivity index (χ4v) is 2.16. The van der Waals surface area contributed by atoms with Crippen molar-refractivity contribution in [2.75, 3.05) is 0 Å². The fourth-order valence-electron chi connectivity index (χ4n) is 1.90. The average Bonchev–Trinajstić information content (AvgIpc) is 2.46. The summed E-state index contributed by atoms with van der Waals surface area (Å²) in [7, 11) is 0. The third kappa shape index (κ3) is 1.78. The molecule has 3 N–H and O–H groups in total. The minimum absolute atomic E-state index is 0.433. The summed E-state index contributed by atoms with van der Waals surface area (Å²) in [4.78, 5) is 10.5. The maximum Gasteiger partial charge on any atom is 0.404 e. The monoisotopic (exact) mass is 227 g/mol. The molecule has 5 heteroatoms. The second kappa shape index (κ2) is 3.72. The van der Waals surface area contributed by atoms with Crippen LogP contribution in [0.2, 0.25) is 5.02 Å². The van der Waals surface area contributed by atoms with Crippen LogP contribution in [0.15, 0.2) is 18.2 Å². The molecule has 0 saturated heterocycles. The number of hydrogen-bond donors (Lipinski definition) is 3. The first kappa shape index (κ1) is 10.3. The first-order valence-electron chi connectivity index (χ1n) is 4.54. The van der Waals surface area contributed by atoms with Gasteiger partial charge in [0.25, 0.3) is 0 Å². The van der Waals surface area contributed by atoms with Crippen LogP contribution < -0.4 is 5.32 Å². The predicted octanol–water partition coefficient (Wildman–Crippen LogP) is 1.57. The molecule has 1 amide bonds. The van der Waals surface area contributed by atoms with Crippen LogP contribution in [0.4, 0.5) is 4.79 Å². The van der Waals surface area contributed by atoms with Crippen molar-refractivity contribution in [1.29, 1.82) is 0 Å². The highest BCUT2D eigenvalue weighted by Crippen LogP contribution is 2.35. The third-order valence-corrected chi connectivity index (χ3v) is 2.94. The number of fused-ring (bicyclic) bond motifs is 1. The molecule has 0 heterocycles. The molecular formula is C10H10ClNO3. The normalized spacial score (nSPS) is 23.6. The average molecular weight is 228 g/mol. The minimum Gasteiger partial charge on any atom is -0.465 e. The van der Waals surface area contributed by atoms with Crippen LogP contribution in [-0.4, -0.2) is 22.3 Å². The molecule has 0 saturated carbocycles. The smallest absolute Gasteiger partial charge is 0.404 e. The van der Waals surface area contributed by atoms with Crippen molar-refractivity contribution >= 4 is 17.7 Å². The molecule has 0 aromatic heterocycles. The Bertz CT molecular complexity index is 408. The number of nitrogens with one attached hydrogen (secondary N) is 1. The van der Waals surface area contributed by atoms with Crippen molar-refractivity contribution in [3.8, 4) is 0 Å². The number of rotatable bonds is 1. The number of halogens is 1. The molecule has 0 radical (unpaired) electrons. The first-order valence-corrected chi connectivity index (χ1v) is 4.92. The fraction of sp³-hybridized carbons (Fsp3) is 0.300. The zero-order valence-electron chi connectivity index (χ0n) is 7.77. The standard InChI is InChI=1S/C10H10ClNO3/c11-7-3-1-2-5-6(7)4-8(9(5)13)12-10(14)15/h1-3,8-9,12-13H,4H2,(H,14,15)/t8-,9+/m1/s1. The molecule has 0 fully saturated rings. The number of benzene rings is 1. The molecule has 0 unspecified atom stereocenters. The Morgan fingerprint density at radius 1 is 1.53 bits per heavy atom. The zero-order valence-corrected chi connectivity index (χ0v) is 8.53. The van der Waals surface area contributed by atoms with Gasteiger partial charge in [-0.1, -0.05) is 23.7 Å². The first-order chi connectivity index (χ1) is 7.09. The van der Waals surface area contributed by atoms with Crippen LogP contribution in [0.3, 0.4) is 0 Å². The lowest BCUT2D eigenvalue weighted by Gasteiger charge is -2.14. The molecule has 0 bridgehead atoms. The lowest BCUT2D eigenvalue weighted by molar-refractivity contribution is 0.131. The number of aliphatic hydroxyl groups excluding tert-OH is 1. The van der Waals surface area contributed by atoms with Crippen molar-refractivity contribution in [2.24, 2.45) is 0 Å². The highest BCUT2D eigenvalue weighted by molar-refractivity contribution is 6.31. The Hall–Kier alpha value is -1.26. The number of carboxylic acid groups (broad SMARTS) is 1. The summed E-state index contributed by atoms with van der Waals surface area (Å²) < 4.78 is 0. The van der Waals surface area contributed by atoms with E-state index in [9.17, 15) is 9.90 Å². The summed E-state index contributed by atoms with van der Waals surface area (Å²) in [6, 6.07) is 4.73. The number of aliphatic hydroxyl groups is 1. The van der Waals surface area contributed by atoms with Crippen LogP contribution in [-0.2, 0) is 6.42 Å². The van der Waals surface area contributed by atoms with Crippen molar-refractivity contribution in [3.63, 3.8) is 0 Å². The molecule has 0 aliphatic heterocycles. The molecule has 15 heavy (non-hydrogen) atoms. The number of carbonyl (C=O) groups is 1. The lowest BCUT2D eigenvalue weighted by Crippen LogP contribution is -2.36. The second-order valence-corrected chi connectivity index (χ2v) is 3.92. The van der Waals surface area contributed by atoms with Crippen molar-refractivity contribution in [1.82, 2.24) is 5.32 Å². The zero-order chi connectivity index (χ0) is 11.0. The van der Waals surface area contributed by atoms with E-state index in [1.165, 1.54) is 0 Å². The summed E-state index contributed by atoms with van der Waals surface area (Å²) in [6.07, 6.45) is -1.51. The van der Waals surface area contributed by atoms with Crippen LogP contribution in [0.1, 0.15) is 17.2 Å². The van der Waals surface area contributed by atoms with Crippen molar-refractivity contribution in [3.05, 3.63) is 34.3 Å². The molecule has 80 valence electrons. The van der Waals surface area contributed by atoms with Gasteiger partial charge >= 0.3 is 6.09 Å². The van der Waals surface area contributed by atoms with E-state index in [0.717, 1.165) is 5.56 Å². The van der Waals surface area contributed by atoms with Crippen molar-refractivity contribution in [2.45, 2.75) is 18.6 Å². The maximum atomic E-state index is 10.5. The van der Waals surface area contributed by atoms with E-state index < -0.39 is 18.2 Å². The van der Waals surface area contributed by atoms with Crippen LogP contribution in [0.25, 0.3) is 0 Å². The Morgan fingerprint density at radius 3 is 2.87 bits per heavy atom. The van der Waals surface area contributed by atoms with Gasteiger partial charge in [0, 0.05) is 5.02 Å². The molecule has 1 aromatic carbocycles. The summed E-state index contributed by atoms with van der Waals surface area (Å²) in [5.74, 6) is 0. The molecule has 0 spiro atoms. The third-order valence-electron chi connectivity index (χ3n) is 2.59. The van der Waals surface area contributed by atoms with E-state index in [4.69, 9.17) is 16.7 Å². The Morgan fingerprint density at radius 2 is 2.27 bits per heavy atom. The number of hydrogen-bond acceptors (Lipinski definition) is 2. The van der Waals surface area contributed by atoms with Gasteiger partial charge < -0.3 is 15.5 Å². The van der Waals surface area contributed by atoms with Crippen LogP contribution in [0.5, 0.6) is 0 Å². The lowest BCUT2D eigenvalue weighted by atomic mass is 10.1. The maximum absolute atomic E-state index is 10.5. The summed E-state index contributed by atoms with van der Waals surface area (Å²) in [5.41, 5.74) is 1.53. The van der Waals surface area contributed by atoms with Gasteiger partial charge in [-0.25, -0.2) is 4.79 Å². The molecule has 1 aliphatic carbocycles. The Labute approximate surface area is 91.5 Å². The molecule has 2 atom stereocenters. The molecule has 1 aliphatic rings. The molecule has 2 rings (SSSR count). The molecular weight excluding hydrogens is 218 g/mol. The van der Waals surface area contributed by atoms with Gasteiger partial charge in [-0.2, -0.15) is 0 Å². The minimum atomic E-state index is -1.14. The SMILES string of the molecule is O=C(O)N[C@@H]1Cc2c(Cl)cccc2[C@@H]1O. The second-order valence-electron chi connectivity index (χ2n) is 3.51. The molecule has 4 nitrogen and oxygen atoms in total. The van der Waals surface area contributed by atoms with Gasteiger partial charge in [0.15, 0.2) is 0 Å². The largest absolute Gasteiger partial charge is 0.465 e. The van der Waals surface area contributed by atoms with E-state index in [1.54, 1.807) is 18.2 Å². The van der Waals surface area contributed by atoms with E-state index in [0.29, 0.717) is 17.0 Å². The molecule has 1 aromatic rings. The van der Waals surface area contributed by atoms with Gasteiger partial charge in [-0.05, 0) is 23.6 Å². The topological polar surface area (TPSA) is 69.6 Å². The van der Waals surface area contributed by atoms with Gasteiger partial charge in [-0.3, -0.25) is 0 Å². The summed E-state index contributed by atoms with van der Waals surface area (Å²) in [6.45, 7) is 0. The van der Waals surface area contributed by atoms with E-state index in [2.05, 4.69) is 5.32 Å². The Kier molecular flexibility index (Phi) is 2.54. The van der Waals surface area contributed by atoms with Crippen LogP contribution in [0, 0.1) is 0 Å². The highest BCUT2D eigenvalue weighted by atomic mass is 35.5. The van der Waals surface area contributed by atoms with Crippen LogP contribution >= 0.6 is 11.6 Å². The van der Waals surface area contributed by atoms with E-state index in [1.807, 2.05) is 0 Å². The summed E-state index contributed by atoms with van der Waals surface area (Å²) >= 11 is 5.95. The van der Waals surface area contributed by atoms with E-state index >= 15 is 0 Å². The van der Waals surface area contributed by atoms with E-state index in [-0.39, 0.29) is 0 Å².